The minimum Gasteiger partial charge on any atom is -0.495 e. The molecule has 5 heteroatoms. The van der Waals surface area contributed by atoms with Crippen LogP contribution in [0.1, 0.15) is 0 Å². The van der Waals surface area contributed by atoms with E-state index in [1.807, 2.05) is 42.5 Å². The van der Waals surface area contributed by atoms with E-state index in [0.29, 0.717) is 13.2 Å². The summed E-state index contributed by atoms with van der Waals surface area (Å²) in [5, 5.41) is 3.30. The van der Waals surface area contributed by atoms with Gasteiger partial charge in [-0.25, -0.2) is 0 Å². The van der Waals surface area contributed by atoms with E-state index in [4.69, 9.17) is 9.47 Å². The van der Waals surface area contributed by atoms with Crippen molar-refractivity contribution in [1.82, 2.24) is 0 Å². The highest BCUT2D eigenvalue weighted by atomic mass is 79.9. The Balaban J connectivity index is 1.84. The van der Waals surface area contributed by atoms with Crippen molar-refractivity contribution >= 4 is 37.5 Å². The topological polar surface area (TPSA) is 30.5 Å². The molecule has 2 aromatic rings. The summed E-state index contributed by atoms with van der Waals surface area (Å²) in [6.07, 6.45) is 0. The van der Waals surface area contributed by atoms with Crippen molar-refractivity contribution in [2.45, 2.75) is 0 Å². The van der Waals surface area contributed by atoms with Gasteiger partial charge in [-0.1, -0.05) is 31.9 Å². The summed E-state index contributed by atoms with van der Waals surface area (Å²) >= 11 is 6.84. The third kappa shape index (κ3) is 4.42. The molecular weight excluding hydrogens is 386 g/mol. The maximum absolute atomic E-state index is 5.65. The summed E-state index contributed by atoms with van der Waals surface area (Å²) in [5.41, 5.74) is 0.946. The predicted molar refractivity (Wildman–Crippen MR) is 88.8 cm³/mol. The molecule has 106 valence electrons. The van der Waals surface area contributed by atoms with Crippen LogP contribution in [0.25, 0.3) is 0 Å². The number of anilines is 1. The van der Waals surface area contributed by atoms with Gasteiger partial charge >= 0.3 is 0 Å². The highest BCUT2D eigenvalue weighted by Crippen LogP contribution is 2.27. The molecule has 20 heavy (non-hydrogen) atoms. The fourth-order valence-electron chi connectivity index (χ4n) is 1.70. The van der Waals surface area contributed by atoms with Crippen LogP contribution in [0.2, 0.25) is 0 Å². The number of methoxy groups -OCH3 is 1. The number of hydrogen-bond acceptors (Lipinski definition) is 3. The molecule has 0 aliphatic heterocycles. The average molecular weight is 401 g/mol. The second-order valence-corrected chi connectivity index (χ2v) is 5.91. The van der Waals surface area contributed by atoms with E-state index >= 15 is 0 Å². The standard InChI is InChI=1S/C15H15Br2NO2/c1-19-15-7-4-12(17)10-14(15)18-8-9-20-13-5-2-11(16)3-6-13/h2-7,10,18H,8-9H2,1H3. The molecule has 1 N–H and O–H groups in total. The molecule has 0 heterocycles. The predicted octanol–water partition coefficient (Wildman–Crippen LogP) is 4.71. The maximum Gasteiger partial charge on any atom is 0.142 e. The molecule has 0 radical (unpaired) electrons. The highest BCUT2D eigenvalue weighted by Gasteiger charge is 2.02. The molecule has 3 nitrogen and oxygen atoms in total. The zero-order valence-electron chi connectivity index (χ0n) is 11.0. The van der Waals surface area contributed by atoms with Crippen LogP contribution >= 0.6 is 31.9 Å². The minimum absolute atomic E-state index is 0.581. The van der Waals surface area contributed by atoms with Crippen molar-refractivity contribution in [3.63, 3.8) is 0 Å². The Morgan fingerprint density at radius 3 is 2.40 bits per heavy atom. The lowest BCUT2D eigenvalue weighted by Gasteiger charge is -2.12. The molecule has 0 bridgehead atoms. The Hall–Kier alpha value is -1.20. The summed E-state index contributed by atoms with van der Waals surface area (Å²) in [5.74, 6) is 1.67. The van der Waals surface area contributed by atoms with Crippen LogP contribution in [0.15, 0.2) is 51.4 Å². The van der Waals surface area contributed by atoms with E-state index in [1.165, 1.54) is 0 Å². The molecular formula is C15H15Br2NO2. The summed E-state index contributed by atoms with van der Waals surface area (Å²) in [6, 6.07) is 13.6. The smallest absolute Gasteiger partial charge is 0.142 e. The average Bonchev–Trinajstić information content (AvgIpc) is 2.46. The Kier molecular flexibility index (Phi) is 5.73. The lowest BCUT2D eigenvalue weighted by atomic mass is 10.3. The molecule has 0 aromatic heterocycles. The number of halogens is 2. The third-order valence-electron chi connectivity index (χ3n) is 2.66. The van der Waals surface area contributed by atoms with Crippen molar-refractivity contribution in [2.75, 3.05) is 25.6 Å². The largest absolute Gasteiger partial charge is 0.495 e. The molecule has 0 aliphatic rings. The Labute approximate surface area is 135 Å². The van der Waals surface area contributed by atoms with Gasteiger partial charge in [0.05, 0.1) is 12.8 Å². The van der Waals surface area contributed by atoms with E-state index in [1.54, 1.807) is 7.11 Å². The van der Waals surface area contributed by atoms with Crippen molar-refractivity contribution in [3.05, 3.63) is 51.4 Å². The van der Waals surface area contributed by atoms with Gasteiger partial charge in [0.1, 0.15) is 18.1 Å². The van der Waals surface area contributed by atoms with Crippen LogP contribution in [-0.2, 0) is 0 Å². The van der Waals surface area contributed by atoms with Crippen molar-refractivity contribution < 1.29 is 9.47 Å². The fourth-order valence-corrected chi connectivity index (χ4v) is 2.33. The summed E-state index contributed by atoms with van der Waals surface area (Å²) in [6.45, 7) is 1.28. The zero-order valence-corrected chi connectivity index (χ0v) is 14.2. The second kappa shape index (κ2) is 7.55. The molecule has 0 fully saturated rings. The number of ether oxygens (including phenoxy) is 2. The molecule has 0 atom stereocenters. The van der Waals surface area contributed by atoms with Gasteiger partial charge in [-0.05, 0) is 42.5 Å². The Morgan fingerprint density at radius 1 is 1.00 bits per heavy atom. The van der Waals surface area contributed by atoms with Gasteiger partial charge in [-0.3, -0.25) is 0 Å². The molecule has 0 amide bonds. The van der Waals surface area contributed by atoms with Gasteiger partial charge in [-0.15, -0.1) is 0 Å². The van der Waals surface area contributed by atoms with Crippen LogP contribution in [0.4, 0.5) is 5.69 Å². The number of hydrogen-bond donors (Lipinski definition) is 1. The van der Waals surface area contributed by atoms with E-state index in [2.05, 4.69) is 37.2 Å². The van der Waals surface area contributed by atoms with Crippen LogP contribution in [-0.4, -0.2) is 20.3 Å². The molecule has 0 spiro atoms. The van der Waals surface area contributed by atoms with E-state index in [9.17, 15) is 0 Å². The highest BCUT2D eigenvalue weighted by molar-refractivity contribution is 9.10. The number of benzene rings is 2. The first-order chi connectivity index (χ1) is 9.69. The molecule has 0 saturated heterocycles. The van der Waals surface area contributed by atoms with Crippen molar-refractivity contribution in [1.29, 1.82) is 0 Å². The van der Waals surface area contributed by atoms with Gasteiger partial charge in [0.15, 0.2) is 0 Å². The number of nitrogens with one attached hydrogen (secondary N) is 1. The molecule has 0 aliphatic carbocycles. The van der Waals surface area contributed by atoms with Crippen LogP contribution in [0.5, 0.6) is 11.5 Å². The van der Waals surface area contributed by atoms with Crippen molar-refractivity contribution in [3.8, 4) is 11.5 Å². The summed E-state index contributed by atoms with van der Waals surface area (Å²) in [4.78, 5) is 0. The first-order valence-corrected chi connectivity index (χ1v) is 7.73. The zero-order chi connectivity index (χ0) is 14.4. The molecule has 0 unspecified atom stereocenters. The lowest BCUT2D eigenvalue weighted by molar-refractivity contribution is 0.332. The normalized spacial score (nSPS) is 10.2. The van der Waals surface area contributed by atoms with Gasteiger partial charge in [0.25, 0.3) is 0 Å². The van der Waals surface area contributed by atoms with Crippen LogP contribution in [0, 0.1) is 0 Å². The van der Waals surface area contributed by atoms with E-state index < -0.39 is 0 Å². The van der Waals surface area contributed by atoms with Crippen LogP contribution in [0.3, 0.4) is 0 Å². The summed E-state index contributed by atoms with van der Waals surface area (Å²) < 4.78 is 13.0. The quantitative estimate of drug-likeness (QED) is 0.712. The van der Waals surface area contributed by atoms with Gasteiger partial charge in [-0.2, -0.15) is 0 Å². The SMILES string of the molecule is COc1ccc(Br)cc1NCCOc1ccc(Br)cc1. The second-order valence-electron chi connectivity index (χ2n) is 4.07. The fraction of sp³-hybridized carbons (Fsp3) is 0.200. The van der Waals surface area contributed by atoms with E-state index in [0.717, 1.165) is 26.1 Å². The third-order valence-corrected chi connectivity index (χ3v) is 3.68. The Morgan fingerprint density at radius 2 is 1.70 bits per heavy atom. The molecule has 2 rings (SSSR count). The lowest BCUT2D eigenvalue weighted by Crippen LogP contribution is -2.12. The van der Waals surface area contributed by atoms with Gasteiger partial charge in [0.2, 0.25) is 0 Å². The first kappa shape index (κ1) is 15.2. The van der Waals surface area contributed by atoms with Gasteiger partial charge in [0, 0.05) is 15.5 Å². The maximum atomic E-state index is 5.65. The summed E-state index contributed by atoms with van der Waals surface area (Å²) in [7, 11) is 1.66. The van der Waals surface area contributed by atoms with Crippen LogP contribution < -0.4 is 14.8 Å². The van der Waals surface area contributed by atoms with Gasteiger partial charge < -0.3 is 14.8 Å². The number of rotatable bonds is 6. The molecule has 0 saturated carbocycles. The molecule has 2 aromatic carbocycles. The Bertz CT molecular complexity index is 558. The van der Waals surface area contributed by atoms with E-state index in [-0.39, 0.29) is 0 Å². The minimum atomic E-state index is 0.581. The monoisotopic (exact) mass is 399 g/mol. The first-order valence-electron chi connectivity index (χ1n) is 6.15. The van der Waals surface area contributed by atoms with Crippen molar-refractivity contribution in [2.24, 2.45) is 0 Å².